The van der Waals surface area contributed by atoms with Gasteiger partial charge in [0, 0.05) is 0 Å². The molecule has 0 bridgehead atoms. The Labute approximate surface area is 113 Å². The molecular weight excluding hydrogens is 300 g/mol. The summed E-state index contributed by atoms with van der Waals surface area (Å²) in [6, 6.07) is 10.8. The minimum absolute atomic E-state index is 0.259. The van der Waals surface area contributed by atoms with Gasteiger partial charge in [0.15, 0.2) is 0 Å². The van der Waals surface area contributed by atoms with E-state index in [0.29, 0.717) is 4.47 Å². The maximum absolute atomic E-state index is 13.5. The van der Waals surface area contributed by atoms with Crippen LogP contribution in [0.5, 0.6) is 0 Å². The average molecular weight is 312 g/mol. The van der Waals surface area contributed by atoms with Gasteiger partial charge >= 0.3 is 0 Å². The van der Waals surface area contributed by atoms with Gasteiger partial charge in [-0.15, -0.1) is 0 Å². The molecule has 18 heavy (non-hydrogen) atoms. The van der Waals surface area contributed by atoms with Crippen molar-refractivity contribution in [3.8, 4) is 0 Å². The normalized spacial score (nSPS) is 12.4. The number of benzene rings is 2. The fraction of sp³-hybridized carbons (Fsp3) is 0.143. The number of nitrogens with one attached hydrogen (secondary N) is 1. The standard InChI is InChI=1S/C14H12BrF2N/c1-18-14(9-4-2-5-10(16)8-9)11-6-3-7-12(17)13(11)15/h2-8,14,18H,1H3. The third-order valence-corrected chi connectivity index (χ3v) is 3.60. The van der Waals surface area contributed by atoms with E-state index in [0.717, 1.165) is 11.1 Å². The maximum atomic E-state index is 13.5. The molecule has 0 radical (unpaired) electrons. The highest BCUT2D eigenvalue weighted by molar-refractivity contribution is 9.10. The van der Waals surface area contributed by atoms with E-state index >= 15 is 0 Å². The summed E-state index contributed by atoms with van der Waals surface area (Å²) in [5.74, 6) is -0.635. The maximum Gasteiger partial charge on any atom is 0.137 e. The van der Waals surface area contributed by atoms with E-state index in [1.807, 2.05) is 6.07 Å². The Morgan fingerprint density at radius 1 is 1.11 bits per heavy atom. The zero-order valence-electron chi connectivity index (χ0n) is 9.75. The van der Waals surface area contributed by atoms with Crippen LogP contribution in [-0.2, 0) is 0 Å². The summed E-state index contributed by atoms with van der Waals surface area (Å²) in [5, 5.41) is 3.07. The fourth-order valence-corrected chi connectivity index (χ4v) is 2.42. The van der Waals surface area contributed by atoms with Crippen molar-refractivity contribution in [2.24, 2.45) is 0 Å². The molecule has 0 saturated carbocycles. The molecule has 0 aliphatic rings. The van der Waals surface area contributed by atoms with E-state index in [2.05, 4.69) is 21.2 Å². The highest BCUT2D eigenvalue weighted by atomic mass is 79.9. The SMILES string of the molecule is CNC(c1cccc(F)c1)c1cccc(F)c1Br. The Bertz CT molecular complexity index is 557. The van der Waals surface area contributed by atoms with E-state index < -0.39 is 0 Å². The molecule has 0 fully saturated rings. The Balaban J connectivity index is 2.49. The molecule has 0 aliphatic heterocycles. The molecule has 4 heteroatoms. The van der Waals surface area contributed by atoms with Crippen molar-refractivity contribution in [2.75, 3.05) is 7.05 Å². The number of hydrogen-bond donors (Lipinski definition) is 1. The van der Waals surface area contributed by atoms with Crippen molar-refractivity contribution in [1.29, 1.82) is 0 Å². The molecule has 0 amide bonds. The summed E-state index contributed by atoms with van der Waals surface area (Å²) in [6.45, 7) is 0. The summed E-state index contributed by atoms with van der Waals surface area (Å²) in [5.41, 5.74) is 1.49. The van der Waals surface area contributed by atoms with Gasteiger partial charge in [-0.1, -0.05) is 24.3 Å². The van der Waals surface area contributed by atoms with Gasteiger partial charge in [0.2, 0.25) is 0 Å². The van der Waals surface area contributed by atoms with Crippen LogP contribution in [0.15, 0.2) is 46.9 Å². The second-order valence-corrected chi connectivity index (χ2v) is 4.71. The van der Waals surface area contributed by atoms with E-state index in [1.165, 1.54) is 18.2 Å². The lowest BCUT2D eigenvalue weighted by molar-refractivity contribution is 0.602. The Morgan fingerprint density at radius 2 is 1.83 bits per heavy atom. The van der Waals surface area contributed by atoms with Crippen LogP contribution < -0.4 is 5.32 Å². The molecule has 1 atom stereocenters. The van der Waals surface area contributed by atoms with Crippen LogP contribution in [0.4, 0.5) is 8.78 Å². The molecule has 2 rings (SSSR count). The molecule has 0 aromatic heterocycles. The average Bonchev–Trinajstić information content (AvgIpc) is 2.35. The van der Waals surface area contributed by atoms with E-state index in [9.17, 15) is 8.78 Å². The van der Waals surface area contributed by atoms with Crippen molar-refractivity contribution in [3.63, 3.8) is 0 Å². The van der Waals surface area contributed by atoms with Gasteiger partial charge in [0.25, 0.3) is 0 Å². The van der Waals surface area contributed by atoms with Crippen molar-refractivity contribution in [1.82, 2.24) is 5.32 Å². The van der Waals surface area contributed by atoms with Gasteiger partial charge in [-0.2, -0.15) is 0 Å². The first-order valence-corrected chi connectivity index (χ1v) is 6.29. The van der Waals surface area contributed by atoms with Crippen molar-refractivity contribution in [3.05, 3.63) is 69.7 Å². The van der Waals surface area contributed by atoms with Crippen LogP contribution in [0.3, 0.4) is 0 Å². The zero-order chi connectivity index (χ0) is 13.1. The van der Waals surface area contributed by atoms with Gasteiger partial charge in [-0.05, 0) is 52.3 Å². The highest BCUT2D eigenvalue weighted by Crippen LogP contribution is 2.30. The molecule has 94 valence electrons. The van der Waals surface area contributed by atoms with Crippen molar-refractivity contribution in [2.45, 2.75) is 6.04 Å². The van der Waals surface area contributed by atoms with E-state index in [-0.39, 0.29) is 17.7 Å². The lowest BCUT2D eigenvalue weighted by Crippen LogP contribution is -2.18. The lowest BCUT2D eigenvalue weighted by Gasteiger charge is -2.19. The minimum atomic E-state index is -0.329. The predicted octanol–water partition coefficient (Wildman–Crippen LogP) is 4.04. The molecule has 1 nitrogen and oxygen atoms in total. The first-order chi connectivity index (χ1) is 8.63. The van der Waals surface area contributed by atoms with Crippen molar-refractivity contribution >= 4 is 15.9 Å². The second-order valence-electron chi connectivity index (χ2n) is 3.92. The first kappa shape index (κ1) is 13.2. The third kappa shape index (κ3) is 2.60. The molecule has 0 spiro atoms. The fourth-order valence-electron chi connectivity index (χ4n) is 1.93. The molecular formula is C14H12BrF2N. The summed E-state index contributed by atoms with van der Waals surface area (Å²) in [6.07, 6.45) is 0. The molecule has 1 unspecified atom stereocenters. The molecule has 0 saturated heterocycles. The lowest BCUT2D eigenvalue weighted by atomic mass is 9.99. The summed E-state index contributed by atoms with van der Waals surface area (Å²) < 4.78 is 27.2. The van der Waals surface area contributed by atoms with Gasteiger partial charge in [-0.25, -0.2) is 8.78 Å². The molecule has 2 aromatic rings. The predicted molar refractivity (Wildman–Crippen MR) is 71.4 cm³/mol. The monoisotopic (exact) mass is 311 g/mol. The van der Waals surface area contributed by atoms with Gasteiger partial charge in [-0.3, -0.25) is 0 Å². The summed E-state index contributed by atoms with van der Waals surface area (Å²) in [7, 11) is 1.76. The highest BCUT2D eigenvalue weighted by Gasteiger charge is 2.17. The summed E-state index contributed by atoms with van der Waals surface area (Å²) in [4.78, 5) is 0. The number of hydrogen-bond acceptors (Lipinski definition) is 1. The first-order valence-electron chi connectivity index (χ1n) is 5.50. The number of halogens is 3. The van der Waals surface area contributed by atoms with Gasteiger partial charge in [0.05, 0.1) is 10.5 Å². The minimum Gasteiger partial charge on any atom is -0.309 e. The Kier molecular flexibility index (Phi) is 4.09. The molecule has 2 aromatic carbocycles. The van der Waals surface area contributed by atoms with Gasteiger partial charge in [0.1, 0.15) is 11.6 Å². The van der Waals surface area contributed by atoms with E-state index in [1.54, 1.807) is 25.2 Å². The van der Waals surface area contributed by atoms with Crippen LogP contribution in [0.2, 0.25) is 0 Å². The Hall–Kier alpha value is -1.26. The van der Waals surface area contributed by atoms with Crippen LogP contribution in [0, 0.1) is 11.6 Å². The topological polar surface area (TPSA) is 12.0 Å². The summed E-state index contributed by atoms with van der Waals surface area (Å²) >= 11 is 3.23. The van der Waals surface area contributed by atoms with Crippen LogP contribution in [-0.4, -0.2) is 7.05 Å². The van der Waals surface area contributed by atoms with Crippen LogP contribution in [0.1, 0.15) is 17.2 Å². The van der Waals surface area contributed by atoms with E-state index in [4.69, 9.17) is 0 Å². The molecule has 1 N–H and O–H groups in total. The number of rotatable bonds is 3. The quantitative estimate of drug-likeness (QED) is 0.902. The smallest absolute Gasteiger partial charge is 0.137 e. The van der Waals surface area contributed by atoms with Crippen LogP contribution >= 0.6 is 15.9 Å². The zero-order valence-corrected chi connectivity index (χ0v) is 11.3. The third-order valence-electron chi connectivity index (χ3n) is 2.76. The molecule has 0 heterocycles. The largest absolute Gasteiger partial charge is 0.309 e. The van der Waals surface area contributed by atoms with Crippen molar-refractivity contribution < 1.29 is 8.78 Å². The molecule has 0 aliphatic carbocycles. The Morgan fingerprint density at radius 3 is 2.50 bits per heavy atom. The van der Waals surface area contributed by atoms with Gasteiger partial charge < -0.3 is 5.32 Å². The van der Waals surface area contributed by atoms with Crippen LogP contribution in [0.25, 0.3) is 0 Å². The second kappa shape index (κ2) is 5.59.